The van der Waals surface area contributed by atoms with E-state index in [4.69, 9.17) is 4.74 Å². The Labute approximate surface area is 197 Å². The largest absolute Gasteiger partial charge is 0.534 e. The second kappa shape index (κ2) is 8.94. The molecule has 1 aliphatic carbocycles. The van der Waals surface area contributed by atoms with Crippen LogP contribution in [0.1, 0.15) is 65.4 Å². The first-order chi connectivity index (χ1) is 15.7. The molecule has 0 saturated heterocycles. The monoisotopic (exact) mass is 494 g/mol. The number of carbonyl (C=O) groups excluding carboxylic acids is 1. The van der Waals surface area contributed by atoms with Gasteiger partial charge in [0, 0.05) is 5.56 Å². The summed E-state index contributed by atoms with van der Waals surface area (Å²) in [7, 11) is -5.82. The lowest BCUT2D eigenvalue weighted by atomic mass is 9.73. The van der Waals surface area contributed by atoms with Gasteiger partial charge < -0.3 is 8.92 Å². The molecule has 0 saturated carbocycles. The normalized spacial score (nSPS) is 15.2. The molecule has 0 heterocycles. The van der Waals surface area contributed by atoms with Crippen LogP contribution < -0.4 is 0 Å². The number of fused-ring (bicyclic) bond motifs is 1. The van der Waals surface area contributed by atoms with E-state index in [9.17, 15) is 26.4 Å². The summed E-state index contributed by atoms with van der Waals surface area (Å²) in [4.78, 5) is 11.9. The van der Waals surface area contributed by atoms with Crippen molar-refractivity contribution in [2.75, 3.05) is 6.61 Å². The van der Waals surface area contributed by atoms with E-state index in [0.29, 0.717) is 34.2 Å². The molecule has 0 amide bonds. The fourth-order valence-corrected chi connectivity index (χ4v) is 4.28. The summed E-state index contributed by atoms with van der Waals surface area (Å²) in [6.07, 6.45) is 1.67. The van der Waals surface area contributed by atoms with Crippen molar-refractivity contribution in [2.45, 2.75) is 45.0 Å². The smallest absolute Gasteiger partial charge is 0.462 e. The van der Waals surface area contributed by atoms with Crippen LogP contribution in [0.4, 0.5) is 13.2 Å². The van der Waals surface area contributed by atoms with Crippen LogP contribution in [-0.2, 0) is 24.5 Å². The molecule has 1 aliphatic rings. The minimum atomic E-state index is -5.82. The number of esters is 1. The number of hydrogen-bond donors (Lipinski definition) is 0. The van der Waals surface area contributed by atoms with Gasteiger partial charge in [-0.2, -0.15) is 21.6 Å². The van der Waals surface area contributed by atoms with Gasteiger partial charge in [-0.25, -0.2) is 4.79 Å². The molecule has 0 atom stereocenters. The first kappa shape index (κ1) is 25.6. The molecular weight excluding hydrogens is 469 g/mol. The van der Waals surface area contributed by atoms with Crippen LogP contribution in [0.15, 0.2) is 49.1 Å². The van der Waals surface area contributed by atoms with Crippen molar-refractivity contribution in [3.05, 3.63) is 82.4 Å². The zero-order valence-corrected chi connectivity index (χ0v) is 20.1. The van der Waals surface area contributed by atoms with Crippen LogP contribution in [0.3, 0.4) is 0 Å². The van der Waals surface area contributed by atoms with Gasteiger partial charge in [-0.05, 0) is 77.8 Å². The number of carbonyl (C=O) groups is 1. The highest BCUT2D eigenvalue weighted by molar-refractivity contribution is 7.87. The summed E-state index contributed by atoms with van der Waals surface area (Å²) in [6, 6.07) is 10.0. The fraction of sp³-hybridized carbons (Fsp3) is 0.320. The van der Waals surface area contributed by atoms with Crippen molar-refractivity contribution < 1.29 is 35.3 Å². The summed E-state index contributed by atoms with van der Waals surface area (Å²) in [5.74, 6) is -0.817. The van der Waals surface area contributed by atoms with Gasteiger partial charge >= 0.3 is 21.6 Å². The molecule has 0 spiro atoms. The molecule has 0 unspecified atom stereocenters. The molecule has 3 rings (SSSR count). The Balaban J connectivity index is 2.04. The average molecular weight is 495 g/mol. The molecule has 2 aromatic rings. The molecule has 182 valence electrons. The predicted octanol–water partition coefficient (Wildman–Crippen LogP) is 6.12. The maximum Gasteiger partial charge on any atom is 0.534 e. The number of rotatable bonds is 6. The Bertz CT molecular complexity index is 1270. The van der Waals surface area contributed by atoms with E-state index < -0.39 is 27.0 Å². The highest BCUT2D eigenvalue weighted by Gasteiger charge is 2.49. The Kier molecular flexibility index (Phi) is 6.72. The van der Waals surface area contributed by atoms with Gasteiger partial charge in [0.05, 0.1) is 12.2 Å². The van der Waals surface area contributed by atoms with Gasteiger partial charge in [-0.1, -0.05) is 38.6 Å². The number of alkyl halides is 3. The molecular formula is C25H25F3O5S. The lowest BCUT2D eigenvalue weighted by molar-refractivity contribution is -0.0509. The van der Waals surface area contributed by atoms with E-state index in [0.717, 1.165) is 5.56 Å². The third kappa shape index (κ3) is 4.89. The SMILES string of the molecule is C=C(c1ccc(C(=O)OCC)cc1)c1cc2c(cc1C)C(C)(C)CC=C2OS(=O)(=O)C(F)(F)F. The molecule has 0 aliphatic heterocycles. The van der Waals surface area contributed by atoms with E-state index >= 15 is 0 Å². The topological polar surface area (TPSA) is 69.7 Å². The number of aryl methyl sites for hydroxylation is 1. The number of benzene rings is 2. The molecule has 2 aromatic carbocycles. The summed E-state index contributed by atoms with van der Waals surface area (Å²) in [6.45, 7) is 11.7. The maximum atomic E-state index is 13.0. The van der Waals surface area contributed by atoms with Crippen LogP contribution in [0.2, 0.25) is 0 Å². The highest BCUT2D eigenvalue weighted by Crippen LogP contribution is 2.43. The first-order valence-corrected chi connectivity index (χ1v) is 11.9. The van der Waals surface area contributed by atoms with Crippen LogP contribution in [-0.4, -0.2) is 26.5 Å². The second-order valence-electron chi connectivity index (χ2n) is 8.63. The van der Waals surface area contributed by atoms with E-state index in [2.05, 4.69) is 10.8 Å². The molecule has 0 N–H and O–H groups in total. The van der Waals surface area contributed by atoms with Gasteiger partial charge in [0.2, 0.25) is 0 Å². The Morgan fingerprint density at radius 3 is 2.26 bits per heavy atom. The summed E-state index contributed by atoms with van der Waals surface area (Å²) in [5.41, 5.74) is -2.03. The van der Waals surface area contributed by atoms with Gasteiger partial charge in [-0.15, -0.1) is 0 Å². The van der Waals surface area contributed by atoms with E-state index in [1.807, 2.05) is 26.8 Å². The Hall–Kier alpha value is -3.07. The average Bonchev–Trinajstić information content (AvgIpc) is 2.75. The summed E-state index contributed by atoms with van der Waals surface area (Å²) >= 11 is 0. The van der Waals surface area contributed by atoms with Crippen molar-refractivity contribution in [1.29, 1.82) is 0 Å². The van der Waals surface area contributed by atoms with Crippen molar-refractivity contribution in [2.24, 2.45) is 0 Å². The van der Waals surface area contributed by atoms with Crippen LogP contribution >= 0.6 is 0 Å². The predicted molar refractivity (Wildman–Crippen MR) is 123 cm³/mol. The first-order valence-electron chi connectivity index (χ1n) is 10.5. The number of halogens is 3. The lowest BCUT2D eigenvalue weighted by Crippen LogP contribution is -2.28. The quantitative estimate of drug-likeness (QED) is 0.275. The molecule has 34 heavy (non-hydrogen) atoms. The number of allylic oxidation sites excluding steroid dienone is 1. The van der Waals surface area contributed by atoms with Crippen LogP contribution in [0.25, 0.3) is 11.3 Å². The molecule has 0 fully saturated rings. The molecule has 9 heteroatoms. The van der Waals surface area contributed by atoms with E-state index in [1.54, 1.807) is 37.3 Å². The summed E-state index contributed by atoms with van der Waals surface area (Å²) < 4.78 is 71.8. The van der Waals surface area contributed by atoms with Gasteiger partial charge in [-0.3, -0.25) is 0 Å². The zero-order chi connectivity index (χ0) is 25.5. The molecule has 0 bridgehead atoms. The van der Waals surface area contributed by atoms with E-state index in [1.165, 1.54) is 6.08 Å². The van der Waals surface area contributed by atoms with Crippen molar-refractivity contribution in [3.8, 4) is 0 Å². The fourth-order valence-electron chi connectivity index (χ4n) is 3.79. The highest BCUT2D eigenvalue weighted by atomic mass is 32.2. The lowest BCUT2D eigenvalue weighted by Gasteiger charge is -2.32. The van der Waals surface area contributed by atoms with Crippen molar-refractivity contribution >= 4 is 27.4 Å². The maximum absolute atomic E-state index is 13.0. The molecule has 5 nitrogen and oxygen atoms in total. The minimum absolute atomic E-state index is 0.250. The van der Waals surface area contributed by atoms with Gasteiger partial charge in [0.25, 0.3) is 0 Å². The second-order valence-corrected chi connectivity index (χ2v) is 10.2. The van der Waals surface area contributed by atoms with E-state index in [-0.39, 0.29) is 17.9 Å². The number of ether oxygens (including phenoxy) is 1. The minimum Gasteiger partial charge on any atom is -0.462 e. The Morgan fingerprint density at radius 2 is 1.71 bits per heavy atom. The third-order valence-electron chi connectivity index (χ3n) is 5.71. The van der Waals surface area contributed by atoms with Crippen LogP contribution in [0, 0.1) is 6.92 Å². The third-order valence-corrected chi connectivity index (χ3v) is 6.68. The van der Waals surface area contributed by atoms with Crippen LogP contribution in [0.5, 0.6) is 0 Å². The zero-order valence-electron chi connectivity index (χ0n) is 19.2. The van der Waals surface area contributed by atoms with Crippen molar-refractivity contribution in [3.63, 3.8) is 0 Å². The number of hydrogen-bond acceptors (Lipinski definition) is 5. The van der Waals surface area contributed by atoms with Crippen molar-refractivity contribution in [1.82, 2.24) is 0 Å². The Morgan fingerprint density at radius 1 is 1.12 bits per heavy atom. The standard InChI is InChI=1S/C25H25F3O5S/c1-6-32-23(29)18-9-7-17(8-10-18)16(3)19-14-20-21(13-15(19)2)24(4,5)12-11-22(20)33-34(30,31)25(26,27)28/h7-11,13-14H,3,6,12H2,1-2,4-5H3. The molecule has 0 radical (unpaired) electrons. The summed E-state index contributed by atoms with van der Waals surface area (Å²) in [5, 5.41) is 0. The molecule has 0 aromatic heterocycles. The van der Waals surface area contributed by atoms with Gasteiger partial charge in [0.15, 0.2) is 0 Å². The van der Waals surface area contributed by atoms with Gasteiger partial charge in [0.1, 0.15) is 5.76 Å².